The number of aliphatic hydroxyl groups is 1. The Morgan fingerprint density at radius 2 is 1.71 bits per heavy atom. The monoisotopic (exact) mass is 301 g/mol. The van der Waals surface area contributed by atoms with Crippen molar-refractivity contribution in [1.82, 2.24) is 5.32 Å². The first-order chi connectivity index (χ1) is 9.80. The summed E-state index contributed by atoms with van der Waals surface area (Å²) in [5, 5.41) is 12.9. The van der Waals surface area contributed by atoms with Crippen LogP contribution in [0, 0.1) is 0 Å². The average Bonchev–Trinajstić information content (AvgIpc) is 2.45. The van der Waals surface area contributed by atoms with Gasteiger partial charge in [-0.3, -0.25) is 4.79 Å². The third kappa shape index (κ3) is 4.20. The molecule has 1 aliphatic rings. The third-order valence-corrected chi connectivity index (χ3v) is 3.84. The highest BCUT2D eigenvalue weighted by Gasteiger charge is 2.31. The van der Waals surface area contributed by atoms with Crippen LogP contribution in [0.25, 0.3) is 0 Å². The maximum absolute atomic E-state index is 12.4. The van der Waals surface area contributed by atoms with Gasteiger partial charge in [0.25, 0.3) is 5.91 Å². The fourth-order valence-electron chi connectivity index (χ4n) is 2.54. The summed E-state index contributed by atoms with van der Waals surface area (Å²) >= 11 is 0. The summed E-state index contributed by atoms with van der Waals surface area (Å²) in [6, 6.07) is 4.04. The van der Waals surface area contributed by atoms with E-state index in [1.165, 1.54) is 0 Å². The van der Waals surface area contributed by atoms with Crippen molar-refractivity contribution in [3.8, 4) is 0 Å². The van der Waals surface area contributed by atoms with Crippen LogP contribution in [-0.4, -0.2) is 23.2 Å². The minimum Gasteiger partial charge on any atom is -0.388 e. The number of rotatable bonds is 3. The quantitative estimate of drug-likeness (QED) is 0.901. The summed E-state index contributed by atoms with van der Waals surface area (Å²) in [5.41, 5.74) is -1.52. The number of carbonyl (C=O) groups is 1. The van der Waals surface area contributed by atoms with Crippen molar-refractivity contribution in [2.45, 2.75) is 43.9 Å². The lowest BCUT2D eigenvalue weighted by Crippen LogP contribution is -2.44. The van der Waals surface area contributed by atoms with Crippen LogP contribution in [0.15, 0.2) is 24.3 Å². The number of benzene rings is 1. The second-order valence-corrected chi connectivity index (χ2v) is 5.54. The van der Waals surface area contributed by atoms with Gasteiger partial charge in [-0.15, -0.1) is 0 Å². The highest BCUT2D eigenvalue weighted by Crippen LogP contribution is 2.29. The molecule has 1 aliphatic carbocycles. The third-order valence-electron chi connectivity index (χ3n) is 3.84. The minimum absolute atomic E-state index is 0.132. The van der Waals surface area contributed by atoms with Gasteiger partial charge >= 0.3 is 6.18 Å². The van der Waals surface area contributed by atoms with Crippen LogP contribution >= 0.6 is 0 Å². The van der Waals surface area contributed by atoms with Gasteiger partial charge in [0.1, 0.15) is 0 Å². The Kier molecular flexibility index (Phi) is 4.56. The lowest BCUT2D eigenvalue weighted by molar-refractivity contribution is -0.137. The molecule has 1 aromatic rings. The van der Waals surface area contributed by atoms with E-state index >= 15 is 0 Å². The first-order valence-electron chi connectivity index (χ1n) is 6.98. The van der Waals surface area contributed by atoms with Gasteiger partial charge in [0.05, 0.1) is 11.2 Å². The molecule has 0 spiro atoms. The summed E-state index contributed by atoms with van der Waals surface area (Å²) < 4.78 is 37.3. The molecule has 3 nitrogen and oxygen atoms in total. The van der Waals surface area contributed by atoms with E-state index in [9.17, 15) is 23.1 Å². The predicted molar refractivity (Wildman–Crippen MR) is 71.8 cm³/mol. The van der Waals surface area contributed by atoms with Gasteiger partial charge in [0.2, 0.25) is 0 Å². The molecule has 1 fully saturated rings. The first kappa shape index (κ1) is 15.8. The average molecular weight is 301 g/mol. The molecule has 2 N–H and O–H groups in total. The molecule has 1 aromatic carbocycles. The van der Waals surface area contributed by atoms with Gasteiger partial charge in [-0.2, -0.15) is 13.2 Å². The van der Waals surface area contributed by atoms with E-state index in [0.29, 0.717) is 12.8 Å². The van der Waals surface area contributed by atoms with Crippen LogP contribution in [0.5, 0.6) is 0 Å². The van der Waals surface area contributed by atoms with E-state index in [2.05, 4.69) is 5.32 Å². The lowest BCUT2D eigenvalue weighted by Gasteiger charge is -2.32. The topological polar surface area (TPSA) is 49.3 Å². The molecule has 0 radical (unpaired) electrons. The number of amides is 1. The number of alkyl halides is 3. The Morgan fingerprint density at radius 1 is 1.14 bits per heavy atom. The van der Waals surface area contributed by atoms with Gasteiger partial charge in [-0.05, 0) is 37.1 Å². The van der Waals surface area contributed by atoms with Crippen LogP contribution in [0.2, 0.25) is 0 Å². The molecule has 0 aliphatic heterocycles. The van der Waals surface area contributed by atoms with E-state index in [-0.39, 0.29) is 12.1 Å². The highest BCUT2D eigenvalue weighted by molar-refractivity contribution is 5.94. The number of hydrogen-bond donors (Lipinski definition) is 2. The van der Waals surface area contributed by atoms with Crippen LogP contribution in [0.4, 0.5) is 13.2 Å². The maximum Gasteiger partial charge on any atom is 0.416 e. The summed E-state index contributed by atoms with van der Waals surface area (Å²) in [4.78, 5) is 11.9. The van der Waals surface area contributed by atoms with Crippen molar-refractivity contribution in [3.05, 3.63) is 35.4 Å². The normalized spacial score (nSPS) is 18.3. The Morgan fingerprint density at radius 3 is 2.24 bits per heavy atom. The van der Waals surface area contributed by atoms with Gasteiger partial charge in [0.15, 0.2) is 0 Å². The summed E-state index contributed by atoms with van der Waals surface area (Å²) in [6.45, 7) is 0.132. The molecule has 116 valence electrons. The molecule has 0 heterocycles. The Bertz CT molecular complexity index is 491. The van der Waals surface area contributed by atoms with Gasteiger partial charge < -0.3 is 10.4 Å². The Hall–Kier alpha value is -1.56. The summed E-state index contributed by atoms with van der Waals surface area (Å²) in [5.74, 6) is -0.470. The van der Waals surface area contributed by atoms with Crippen molar-refractivity contribution in [2.75, 3.05) is 6.54 Å². The van der Waals surface area contributed by atoms with E-state index in [1.807, 2.05) is 0 Å². The zero-order valence-corrected chi connectivity index (χ0v) is 11.5. The molecule has 0 atom stereocenters. The molecule has 0 aromatic heterocycles. The molecular weight excluding hydrogens is 283 g/mol. The van der Waals surface area contributed by atoms with E-state index in [1.54, 1.807) is 0 Å². The molecule has 0 unspecified atom stereocenters. The molecule has 0 saturated heterocycles. The van der Waals surface area contributed by atoms with Crippen molar-refractivity contribution in [3.63, 3.8) is 0 Å². The van der Waals surface area contributed by atoms with Gasteiger partial charge in [-0.25, -0.2) is 0 Å². The molecule has 1 amide bonds. The van der Waals surface area contributed by atoms with Crippen LogP contribution in [0.1, 0.15) is 48.0 Å². The van der Waals surface area contributed by atoms with Crippen molar-refractivity contribution in [1.29, 1.82) is 0 Å². The standard InChI is InChI=1S/C15H18F3NO2/c16-15(17,18)12-6-4-11(5-7-12)13(20)19-10-14(21)8-2-1-3-9-14/h4-7,21H,1-3,8-10H2,(H,19,20). The second kappa shape index (κ2) is 6.05. The maximum atomic E-state index is 12.4. The fraction of sp³-hybridized carbons (Fsp3) is 0.533. The fourth-order valence-corrected chi connectivity index (χ4v) is 2.54. The molecule has 1 saturated carbocycles. The molecule has 0 bridgehead atoms. The van der Waals surface area contributed by atoms with Crippen molar-refractivity contribution in [2.24, 2.45) is 0 Å². The summed E-state index contributed by atoms with van der Waals surface area (Å²) in [7, 11) is 0. The SMILES string of the molecule is O=C(NCC1(O)CCCCC1)c1ccc(C(F)(F)F)cc1. The molecule has 6 heteroatoms. The minimum atomic E-state index is -4.41. The first-order valence-corrected chi connectivity index (χ1v) is 6.98. The largest absolute Gasteiger partial charge is 0.416 e. The van der Waals surface area contributed by atoms with Crippen LogP contribution < -0.4 is 5.32 Å². The zero-order chi connectivity index (χ0) is 15.5. The van der Waals surface area contributed by atoms with Crippen LogP contribution in [-0.2, 0) is 6.18 Å². The van der Waals surface area contributed by atoms with Gasteiger partial charge in [-0.1, -0.05) is 19.3 Å². The van der Waals surface area contributed by atoms with Crippen LogP contribution in [0.3, 0.4) is 0 Å². The van der Waals surface area contributed by atoms with E-state index in [4.69, 9.17) is 0 Å². The Labute approximate surface area is 121 Å². The number of carbonyl (C=O) groups excluding carboxylic acids is 1. The second-order valence-electron chi connectivity index (χ2n) is 5.54. The van der Waals surface area contributed by atoms with Crippen molar-refractivity contribution >= 4 is 5.91 Å². The zero-order valence-electron chi connectivity index (χ0n) is 11.5. The predicted octanol–water partition coefficient (Wildman–Crippen LogP) is 3.13. The summed E-state index contributed by atoms with van der Waals surface area (Å²) in [6.07, 6.45) is -0.207. The lowest BCUT2D eigenvalue weighted by atomic mass is 9.85. The smallest absolute Gasteiger partial charge is 0.388 e. The molecule has 21 heavy (non-hydrogen) atoms. The van der Waals surface area contributed by atoms with E-state index < -0.39 is 23.2 Å². The number of nitrogens with one attached hydrogen (secondary N) is 1. The number of hydrogen-bond acceptors (Lipinski definition) is 2. The van der Waals surface area contributed by atoms with E-state index in [0.717, 1.165) is 43.5 Å². The molecule has 2 rings (SSSR count). The molecular formula is C15H18F3NO2. The van der Waals surface area contributed by atoms with Crippen molar-refractivity contribution < 1.29 is 23.1 Å². The Balaban J connectivity index is 1.94. The van der Waals surface area contributed by atoms with Gasteiger partial charge in [0, 0.05) is 12.1 Å². The number of halogens is 3. The highest BCUT2D eigenvalue weighted by atomic mass is 19.4.